The number of rotatable bonds is 4. The highest BCUT2D eigenvalue weighted by Gasteiger charge is 2.10. The Hall–Kier alpha value is -1.51. The molecule has 1 aromatic carbocycles. The summed E-state index contributed by atoms with van der Waals surface area (Å²) in [4.78, 5) is 10.6. The fourth-order valence-corrected chi connectivity index (χ4v) is 1.29. The van der Waals surface area contributed by atoms with Crippen molar-refractivity contribution < 1.29 is 9.90 Å². The summed E-state index contributed by atoms with van der Waals surface area (Å²) in [6, 6.07) is 5.98. The molecule has 0 aliphatic rings. The average molecular weight is 207 g/mol. The van der Waals surface area contributed by atoms with Gasteiger partial charge in [0.05, 0.1) is 5.92 Å². The van der Waals surface area contributed by atoms with Crippen LogP contribution in [0.3, 0.4) is 0 Å². The maximum Gasteiger partial charge on any atom is 0.308 e. The monoisotopic (exact) mass is 207 g/mol. The molecule has 3 heteroatoms. The van der Waals surface area contributed by atoms with E-state index in [2.05, 4.69) is 5.32 Å². The van der Waals surface area contributed by atoms with Gasteiger partial charge in [0.25, 0.3) is 0 Å². The lowest BCUT2D eigenvalue weighted by atomic mass is 10.1. The molecule has 82 valence electrons. The Morgan fingerprint density at radius 1 is 1.47 bits per heavy atom. The molecule has 0 saturated carbocycles. The van der Waals surface area contributed by atoms with Crippen LogP contribution in [0, 0.1) is 19.8 Å². The highest BCUT2D eigenvalue weighted by atomic mass is 16.4. The normalized spacial score (nSPS) is 12.2. The minimum atomic E-state index is -0.771. The van der Waals surface area contributed by atoms with E-state index in [1.165, 1.54) is 11.1 Å². The van der Waals surface area contributed by atoms with E-state index in [0.29, 0.717) is 6.54 Å². The van der Waals surface area contributed by atoms with Crippen molar-refractivity contribution in [2.24, 2.45) is 5.92 Å². The van der Waals surface area contributed by atoms with Crippen molar-refractivity contribution in [3.63, 3.8) is 0 Å². The van der Waals surface area contributed by atoms with Gasteiger partial charge in [0.1, 0.15) is 0 Å². The summed E-state index contributed by atoms with van der Waals surface area (Å²) < 4.78 is 0. The standard InChI is InChI=1S/C12H17NO2/c1-8-5-4-6-11(10(8)3)13-7-9(2)12(14)15/h4-6,9,13H,7H2,1-3H3,(H,14,15). The molecule has 0 saturated heterocycles. The number of hydrogen-bond donors (Lipinski definition) is 2. The zero-order valence-corrected chi connectivity index (χ0v) is 9.37. The SMILES string of the molecule is Cc1cccc(NCC(C)C(=O)O)c1C. The first kappa shape index (κ1) is 11.6. The van der Waals surface area contributed by atoms with Crippen LogP contribution in [0.4, 0.5) is 5.69 Å². The van der Waals surface area contributed by atoms with Gasteiger partial charge < -0.3 is 10.4 Å². The predicted molar refractivity (Wildman–Crippen MR) is 61.2 cm³/mol. The lowest BCUT2D eigenvalue weighted by molar-refractivity contribution is -0.140. The molecule has 0 aliphatic heterocycles. The summed E-state index contributed by atoms with van der Waals surface area (Å²) in [5.41, 5.74) is 3.40. The highest BCUT2D eigenvalue weighted by molar-refractivity contribution is 5.70. The number of aliphatic carboxylic acids is 1. The van der Waals surface area contributed by atoms with Crippen LogP contribution in [0.15, 0.2) is 18.2 Å². The van der Waals surface area contributed by atoms with E-state index in [0.717, 1.165) is 5.69 Å². The predicted octanol–water partition coefficient (Wildman–Crippen LogP) is 2.44. The van der Waals surface area contributed by atoms with Crippen LogP contribution in [0.25, 0.3) is 0 Å². The van der Waals surface area contributed by atoms with E-state index in [-0.39, 0.29) is 5.92 Å². The minimum Gasteiger partial charge on any atom is -0.481 e. The molecule has 0 spiro atoms. The Morgan fingerprint density at radius 3 is 2.73 bits per heavy atom. The van der Waals surface area contributed by atoms with E-state index in [1.54, 1.807) is 6.92 Å². The average Bonchev–Trinajstić information content (AvgIpc) is 2.19. The smallest absolute Gasteiger partial charge is 0.308 e. The molecule has 15 heavy (non-hydrogen) atoms. The molecule has 1 rings (SSSR count). The lowest BCUT2D eigenvalue weighted by Gasteiger charge is -2.13. The molecule has 0 aromatic heterocycles. The van der Waals surface area contributed by atoms with E-state index in [1.807, 2.05) is 32.0 Å². The van der Waals surface area contributed by atoms with Gasteiger partial charge in [0.2, 0.25) is 0 Å². The van der Waals surface area contributed by atoms with E-state index >= 15 is 0 Å². The molecule has 0 radical (unpaired) electrons. The van der Waals surface area contributed by atoms with E-state index in [4.69, 9.17) is 5.11 Å². The largest absolute Gasteiger partial charge is 0.481 e. The van der Waals surface area contributed by atoms with Crippen LogP contribution in [0.2, 0.25) is 0 Å². The Bertz CT molecular complexity index is 361. The van der Waals surface area contributed by atoms with Crippen molar-refractivity contribution in [3.05, 3.63) is 29.3 Å². The number of carboxylic acid groups (broad SMARTS) is 1. The Morgan fingerprint density at radius 2 is 2.13 bits per heavy atom. The van der Waals surface area contributed by atoms with Gasteiger partial charge in [-0.15, -0.1) is 0 Å². The molecule has 1 aromatic rings. The van der Waals surface area contributed by atoms with E-state index < -0.39 is 5.97 Å². The summed E-state index contributed by atoms with van der Waals surface area (Å²) in [5.74, 6) is -1.14. The first-order valence-electron chi connectivity index (χ1n) is 5.05. The minimum absolute atomic E-state index is 0.370. The number of carbonyl (C=O) groups is 1. The molecule has 1 atom stereocenters. The summed E-state index contributed by atoms with van der Waals surface area (Å²) in [5, 5.41) is 11.9. The third-order valence-electron chi connectivity index (χ3n) is 2.62. The molecule has 0 amide bonds. The first-order chi connectivity index (χ1) is 7.02. The Labute approximate surface area is 90.1 Å². The summed E-state index contributed by atoms with van der Waals surface area (Å²) in [6.07, 6.45) is 0. The van der Waals surface area contributed by atoms with Gasteiger partial charge in [0.15, 0.2) is 0 Å². The van der Waals surface area contributed by atoms with Gasteiger partial charge in [-0.1, -0.05) is 19.1 Å². The summed E-state index contributed by atoms with van der Waals surface area (Å²) in [7, 11) is 0. The lowest BCUT2D eigenvalue weighted by Crippen LogP contribution is -2.20. The fraction of sp³-hybridized carbons (Fsp3) is 0.417. The number of aryl methyl sites for hydroxylation is 1. The van der Waals surface area contributed by atoms with Crippen molar-refractivity contribution in [3.8, 4) is 0 Å². The second-order valence-corrected chi connectivity index (χ2v) is 3.87. The number of anilines is 1. The van der Waals surface area contributed by atoms with Gasteiger partial charge in [-0.05, 0) is 31.0 Å². The Balaban J connectivity index is 2.66. The molecule has 0 bridgehead atoms. The fourth-order valence-electron chi connectivity index (χ4n) is 1.29. The second-order valence-electron chi connectivity index (χ2n) is 3.87. The molecular formula is C12H17NO2. The van der Waals surface area contributed by atoms with Crippen LogP contribution in [-0.4, -0.2) is 17.6 Å². The zero-order valence-electron chi connectivity index (χ0n) is 9.37. The van der Waals surface area contributed by atoms with Crippen LogP contribution in [0.1, 0.15) is 18.1 Å². The van der Waals surface area contributed by atoms with Gasteiger partial charge in [0, 0.05) is 12.2 Å². The molecule has 1 unspecified atom stereocenters. The molecule has 3 nitrogen and oxygen atoms in total. The topological polar surface area (TPSA) is 49.3 Å². The summed E-state index contributed by atoms with van der Waals surface area (Å²) >= 11 is 0. The zero-order chi connectivity index (χ0) is 11.4. The summed E-state index contributed by atoms with van der Waals surface area (Å²) in [6.45, 7) is 6.23. The van der Waals surface area contributed by atoms with Crippen molar-refractivity contribution in [1.29, 1.82) is 0 Å². The number of hydrogen-bond acceptors (Lipinski definition) is 2. The van der Waals surface area contributed by atoms with Crippen LogP contribution >= 0.6 is 0 Å². The maximum absolute atomic E-state index is 10.6. The third-order valence-corrected chi connectivity index (χ3v) is 2.62. The molecular weight excluding hydrogens is 190 g/mol. The van der Waals surface area contributed by atoms with Crippen LogP contribution in [0.5, 0.6) is 0 Å². The molecule has 0 aliphatic carbocycles. The van der Waals surface area contributed by atoms with Crippen molar-refractivity contribution >= 4 is 11.7 Å². The van der Waals surface area contributed by atoms with E-state index in [9.17, 15) is 4.79 Å². The molecule has 0 heterocycles. The van der Waals surface area contributed by atoms with Crippen molar-refractivity contribution in [2.75, 3.05) is 11.9 Å². The van der Waals surface area contributed by atoms with Gasteiger partial charge >= 0.3 is 5.97 Å². The number of nitrogens with one attached hydrogen (secondary N) is 1. The van der Waals surface area contributed by atoms with Gasteiger partial charge in [-0.3, -0.25) is 4.79 Å². The van der Waals surface area contributed by atoms with Crippen LogP contribution in [-0.2, 0) is 4.79 Å². The molecule has 2 N–H and O–H groups in total. The second kappa shape index (κ2) is 4.82. The van der Waals surface area contributed by atoms with Crippen molar-refractivity contribution in [2.45, 2.75) is 20.8 Å². The van der Waals surface area contributed by atoms with Gasteiger partial charge in [-0.2, -0.15) is 0 Å². The number of benzene rings is 1. The van der Waals surface area contributed by atoms with Crippen molar-refractivity contribution in [1.82, 2.24) is 0 Å². The maximum atomic E-state index is 10.6. The van der Waals surface area contributed by atoms with Crippen LogP contribution < -0.4 is 5.32 Å². The number of carboxylic acids is 1. The third kappa shape index (κ3) is 2.98. The first-order valence-corrected chi connectivity index (χ1v) is 5.05. The Kier molecular flexibility index (Phi) is 3.72. The molecule has 0 fully saturated rings. The van der Waals surface area contributed by atoms with Gasteiger partial charge in [-0.25, -0.2) is 0 Å². The highest BCUT2D eigenvalue weighted by Crippen LogP contribution is 2.18. The quantitative estimate of drug-likeness (QED) is 0.797.